The minimum absolute atomic E-state index is 0.163. The Labute approximate surface area is 252 Å². The molecule has 0 heterocycles. The third-order valence-corrected chi connectivity index (χ3v) is 8.37. The highest BCUT2D eigenvalue weighted by atomic mass is 32.2. The number of nitrogens with one attached hydrogen (secondary N) is 1. The zero-order valence-corrected chi connectivity index (χ0v) is 25.0. The van der Waals surface area contributed by atoms with Crippen molar-refractivity contribution >= 4 is 21.9 Å². The van der Waals surface area contributed by atoms with Crippen molar-refractivity contribution < 1.29 is 36.0 Å². The number of hydrogen-bond acceptors (Lipinski definition) is 4. The molecule has 0 aliphatic rings. The van der Waals surface area contributed by atoms with Crippen molar-refractivity contribution in [2.24, 2.45) is 0 Å². The number of halogens is 5. The highest BCUT2D eigenvalue weighted by molar-refractivity contribution is 7.84. The van der Waals surface area contributed by atoms with Gasteiger partial charge in [0.2, 0.25) is 0 Å². The summed E-state index contributed by atoms with van der Waals surface area (Å²) < 4.78 is 80.2. The lowest BCUT2D eigenvalue weighted by Gasteiger charge is -2.19. The van der Waals surface area contributed by atoms with E-state index in [1.165, 1.54) is 5.57 Å². The number of rotatable bonds is 17. The van der Waals surface area contributed by atoms with Crippen molar-refractivity contribution in [1.82, 2.24) is 5.32 Å². The SMILES string of the molecule is CC/C(=C(/c1ccc(O)cc1)c1ccc(OCCNCCCCS(=O)CCCC(F)(F)C(F)(F)F)cc1)c1ccccc1. The molecule has 0 saturated heterocycles. The second kappa shape index (κ2) is 16.6. The van der Waals surface area contributed by atoms with E-state index >= 15 is 0 Å². The molecule has 0 saturated carbocycles. The number of aromatic hydroxyl groups is 1. The van der Waals surface area contributed by atoms with Gasteiger partial charge in [-0.2, -0.15) is 22.0 Å². The lowest BCUT2D eigenvalue weighted by Crippen LogP contribution is -2.36. The molecule has 1 unspecified atom stereocenters. The summed E-state index contributed by atoms with van der Waals surface area (Å²) in [5.74, 6) is -3.70. The maximum Gasteiger partial charge on any atom is 0.453 e. The van der Waals surface area contributed by atoms with Gasteiger partial charge >= 0.3 is 12.1 Å². The quantitative estimate of drug-likeness (QED) is 0.0904. The molecule has 0 aliphatic heterocycles. The van der Waals surface area contributed by atoms with Crippen LogP contribution >= 0.6 is 0 Å². The number of unbranched alkanes of at least 4 members (excludes halogenated alkanes) is 1. The number of phenols is 1. The highest BCUT2D eigenvalue weighted by Gasteiger charge is 2.56. The van der Waals surface area contributed by atoms with Gasteiger partial charge in [-0.25, -0.2) is 0 Å². The lowest BCUT2D eigenvalue weighted by molar-refractivity contribution is -0.284. The molecule has 0 fully saturated rings. The summed E-state index contributed by atoms with van der Waals surface area (Å²) in [7, 11) is -1.42. The maximum absolute atomic E-state index is 12.9. The van der Waals surface area contributed by atoms with Gasteiger partial charge in [0.05, 0.1) is 0 Å². The fraction of sp³-hybridized carbons (Fsp3) is 0.394. The Balaban J connectivity index is 1.43. The van der Waals surface area contributed by atoms with Crippen LogP contribution in [0.25, 0.3) is 11.1 Å². The van der Waals surface area contributed by atoms with Crippen LogP contribution in [0.2, 0.25) is 0 Å². The average Bonchev–Trinajstić information content (AvgIpc) is 2.98. The molecule has 43 heavy (non-hydrogen) atoms. The molecule has 0 spiro atoms. The van der Waals surface area contributed by atoms with Gasteiger partial charge in [-0.1, -0.05) is 61.5 Å². The normalized spacial score (nSPS) is 13.4. The van der Waals surface area contributed by atoms with Crippen molar-refractivity contribution in [3.05, 3.63) is 95.6 Å². The Morgan fingerprint density at radius 2 is 1.40 bits per heavy atom. The van der Waals surface area contributed by atoms with Gasteiger partial charge < -0.3 is 15.2 Å². The second-order valence-corrected chi connectivity index (χ2v) is 11.8. The van der Waals surface area contributed by atoms with E-state index in [1.807, 2.05) is 54.6 Å². The molecule has 4 nitrogen and oxygen atoms in total. The lowest BCUT2D eigenvalue weighted by atomic mass is 9.88. The van der Waals surface area contributed by atoms with E-state index < -0.39 is 35.7 Å². The average molecular weight is 624 g/mol. The molecule has 1 atom stereocenters. The Kier molecular flexibility index (Phi) is 13.2. The molecule has 0 aliphatic carbocycles. The molecule has 234 valence electrons. The predicted octanol–water partition coefficient (Wildman–Crippen LogP) is 8.24. The fourth-order valence-corrected chi connectivity index (χ4v) is 5.80. The summed E-state index contributed by atoms with van der Waals surface area (Å²) in [6.45, 7) is 3.79. The van der Waals surface area contributed by atoms with Crippen LogP contribution in [0.3, 0.4) is 0 Å². The molecule has 0 bridgehead atoms. The first-order valence-corrected chi connectivity index (χ1v) is 15.8. The summed E-state index contributed by atoms with van der Waals surface area (Å²) in [6, 6.07) is 25.3. The van der Waals surface area contributed by atoms with E-state index in [2.05, 4.69) is 24.4 Å². The van der Waals surface area contributed by atoms with Crippen LogP contribution in [0.5, 0.6) is 11.5 Å². The van der Waals surface area contributed by atoms with Gasteiger partial charge in [0.15, 0.2) is 0 Å². The number of alkyl halides is 5. The third-order valence-electron chi connectivity index (χ3n) is 6.88. The predicted molar refractivity (Wildman–Crippen MR) is 163 cm³/mol. The minimum Gasteiger partial charge on any atom is -0.508 e. The first-order valence-electron chi connectivity index (χ1n) is 14.3. The molecule has 3 aromatic rings. The molecule has 2 N–H and O–H groups in total. The number of phenolic OH excluding ortho intramolecular Hbond substituents is 1. The molecular formula is C33H38F5NO3S. The molecule has 10 heteroatoms. The van der Waals surface area contributed by atoms with Gasteiger partial charge in [-0.3, -0.25) is 4.21 Å². The first kappa shape index (κ1) is 34.3. The van der Waals surface area contributed by atoms with E-state index in [9.17, 15) is 31.3 Å². The molecular weight excluding hydrogens is 585 g/mol. The summed E-state index contributed by atoms with van der Waals surface area (Å²) in [5.41, 5.74) is 5.45. The highest BCUT2D eigenvalue weighted by Crippen LogP contribution is 2.39. The number of ether oxygens (including phenoxy) is 1. The Morgan fingerprint density at radius 3 is 2.00 bits per heavy atom. The van der Waals surface area contributed by atoms with Gasteiger partial charge in [0.1, 0.15) is 18.1 Å². The molecule has 3 aromatic carbocycles. The maximum atomic E-state index is 12.9. The van der Waals surface area contributed by atoms with Crippen LogP contribution < -0.4 is 10.1 Å². The van der Waals surface area contributed by atoms with Crippen LogP contribution in [0, 0.1) is 0 Å². The third kappa shape index (κ3) is 10.8. The van der Waals surface area contributed by atoms with Crippen LogP contribution in [0.15, 0.2) is 78.9 Å². The zero-order chi connectivity index (χ0) is 31.3. The van der Waals surface area contributed by atoms with E-state index in [4.69, 9.17) is 4.74 Å². The standard InChI is InChI=1S/C33H38F5NO3S/c1-2-30(25-9-4-3-5-10-25)31(26-11-15-28(40)16-12-26)27-13-17-29(18-14-27)42-22-21-39-20-6-7-23-43(41)24-8-19-32(34,35)33(36,37)38/h3-5,9-18,39-40H,2,6-8,19-24H2,1H3/b31-30+. The van der Waals surface area contributed by atoms with Gasteiger partial charge in [-0.05, 0) is 84.3 Å². The van der Waals surface area contributed by atoms with Crippen LogP contribution in [-0.2, 0) is 10.8 Å². The largest absolute Gasteiger partial charge is 0.508 e. The van der Waals surface area contributed by atoms with Crippen molar-refractivity contribution in [2.45, 2.75) is 51.1 Å². The first-order chi connectivity index (χ1) is 20.5. The Hall–Kier alpha value is -3.24. The van der Waals surface area contributed by atoms with Gasteiger partial charge in [0, 0.05) is 35.3 Å². The summed E-state index contributed by atoms with van der Waals surface area (Å²) in [5, 5.41) is 13.0. The molecule has 0 radical (unpaired) electrons. The van der Waals surface area contributed by atoms with Crippen LogP contribution in [0.1, 0.15) is 55.7 Å². The molecule has 0 amide bonds. The fourth-order valence-electron chi connectivity index (χ4n) is 4.60. The molecule has 0 aromatic heterocycles. The summed E-state index contributed by atoms with van der Waals surface area (Å²) >= 11 is 0. The molecule has 3 rings (SSSR count). The van der Waals surface area contributed by atoms with E-state index in [0.717, 1.165) is 34.4 Å². The minimum atomic E-state index is -5.57. The van der Waals surface area contributed by atoms with E-state index in [1.54, 1.807) is 12.1 Å². The Morgan fingerprint density at radius 1 is 0.791 bits per heavy atom. The van der Waals surface area contributed by atoms with E-state index in [0.29, 0.717) is 32.5 Å². The number of benzene rings is 3. The summed E-state index contributed by atoms with van der Waals surface area (Å²) in [6.07, 6.45) is -5.23. The number of allylic oxidation sites excluding steroid dienone is 1. The van der Waals surface area contributed by atoms with Crippen molar-refractivity contribution in [3.8, 4) is 11.5 Å². The van der Waals surface area contributed by atoms with Gasteiger partial charge in [-0.15, -0.1) is 0 Å². The van der Waals surface area contributed by atoms with Crippen LogP contribution in [0.4, 0.5) is 22.0 Å². The van der Waals surface area contributed by atoms with Crippen molar-refractivity contribution in [2.75, 3.05) is 31.2 Å². The second-order valence-electron chi connectivity index (χ2n) is 10.1. The van der Waals surface area contributed by atoms with Crippen molar-refractivity contribution in [1.29, 1.82) is 0 Å². The zero-order valence-electron chi connectivity index (χ0n) is 24.1. The van der Waals surface area contributed by atoms with Gasteiger partial charge in [0.25, 0.3) is 0 Å². The number of hydrogen-bond donors (Lipinski definition) is 2. The Bertz CT molecular complexity index is 1310. The monoisotopic (exact) mass is 623 g/mol. The van der Waals surface area contributed by atoms with E-state index in [-0.39, 0.29) is 17.3 Å². The van der Waals surface area contributed by atoms with Crippen LogP contribution in [-0.4, -0.2) is 52.6 Å². The van der Waals surface area contributed by atoms with Crippen molar-refractivity contribution in [3.63, 3.8) is 0 Å². The summed E-state index contributed by atoms with van der Waals surface area (Å²) in [4.78, 5) is 0. The smallest absolute Gasteiger partial charge is 0.453 e. The topological polar surface area (TPSA) is 58.6 Å².